The van der Waals surface area contributed by atoms with Crippen molar-refractivity contribution in [2.24, 2.45) is 0 Å². The highest BCUT2D eigenvalue weighted by Gasteiger charge is 2.11. The Bertz CT molecular complexity index is 670. The second-order valence-electron chi connectivity index (χ2n) is 5.22. The van der Waals surface area contributed by atoms with Crippen LogP contribution in [0.1, 0.15) is 20.8 Å². The number of sulfonamides is 1. The average molecular weight is 372 g/mol. The molecule has 0 bridgehead atoms. The van der Waals surface area contributed by atoms with E-state index in [9.17, 15) is 18.0 Å². The quantitative estimate of drug-likeness (QED) is 0.619. The summed E-state index contributed by atoms with van der Waals surface area (Å²) in [6.45, 7) is 5.29. The molecule has 1 aromatic rings. The third-order valence-electron chi connectivity index (χ3n) is 3.20. The fourth-order valence-electron chi connectivity index (χ4n) is 1.99. The van der Waals surface area contributed by atoms with Gasteiger partial charge in [0, 0.05) is 19.5 Å². The molecular formula is C16H24N2O6S. The van der Waals surface area contributed by atoms with Gasteiger partial charge < -0.3 is 14.4 Å². The lowest BCUT2D eigenvalue weighted by Gasteiger charge is -2.25. The zero-order chi connectivity index (χ0) is 18.9. The second kappa shape index (κ2) is 9.87. The fraction of sp³-hybridized carbons (Fsp3) is 0.500. The van der Waals surface area contributed by atoms with Crippen molar-refractivity contribution < 1.29 is 27.5 Å². The zero-order valence-electron chi connectivity index (χ0n) is 14.6. The van der Waals surface area contributed by atoms with Gasteiger partial charge in [0.25, 0.3) is 0 Å². The van der Waals surface area contributed by atoms with Crippen molar-refractivity contribution in [3.8, 4) is 0 Å². The summed E-state index contributed by atoms with van der Waals surface area (Å²) in [6, 6.07) is 6.83. The fourth-order valence-corrected chi connectivity index (χ4v) is 2.62. The molecule has 9 heteroatoms. The maximum atomic E-state index is 11.7. The Kier molecular flexibility index (Phi) is 8.20. The first-order valence-electron chi connectivity index (χ1n) is 7.85. The summed E-state index contributed by atoms with van der Waals surface area (Å²) in [5.74, 6) is -0.798. The lowest BCUT2D eigenvalue weighted by atomic mass is 10.2. The number of hydrogen-bond donors (Lipinski definition) is 1. The van der Waals surface area contributed by atoms with Crippen molar-refractivity contribution in [2.75, 3.05) is 41.7 Å². The van der Waals surface area contributed by atoms with Crippen LogP contribution in [-0.2, 0) is 29.1 Å². The largest absolute Gasteiger partial charge is 0.464 e. The Balaban J connectivity index is 2.87. The SMILES string of the molecule is CCS(=O)(=O)Nc1cccc(N(CCOC(C)=O)CCOC(C)=O)c1. The number of benzene rings is 1. The Morgan fingerprint density at radius 2 is 1.64 bits per heavy atom. The van der Waals surface area contributed by atoms with Crippen LogP contribution in [0.25, 0.3) is 0 Å². The van der Waals surface area contributed by atoms with Crippen molar-refractivity contribution in [2.45, 2.75) is 20.8 Å². The first-order valence-corrected chi connectivity index (χ1v) is 9.51. The van der Waals surface area contributed by atoms with Crippen LogP contribution in [0.15, 0.2) is 24.3 Å². The molecule has 0 aliphatic carbocycles. The van der Waals surface area contributed by atoms with Crippen LogP contribution in [0.4, 0.5) is 11.4 Å². The Morgan fingerprint density at radius 1 is 1.08 bits per heavy atom. The molecule has 25 heavy (non-hydrogen) atoms. The van der Waals surface area contributed by atoms with Gasteiger partial charge in [0.15, 0.2) is 0 Å². The second-order valence-corrected chi connectivity index (χ2v) is 7.23. The van der Waals surface area contributed by atoms with E-state index >= 15 is 0 Å². The molecule has 0 unspecified atom stereocenters. The molecule has 0 heterocycles. The number of carbonyl (C=O) groups is 2. The van der Waals surface area contributed by atoms with Gasteiger partial charge in [-0.05, 0) is 25.1 Å². The number of rotatable bonds is 10. The molecule has 1 rings (SSSR count). The van der Waals surface area contributed by atoms with Crippen LogP contribution in [-0.4, -0.2) is 52.4 Å². The number of anilines is 2. The summed E-state index contributed by atoms with van der Waals surface area (Å²) < 4.78 is 35.8. The number of carbonyl (C=O) groups excluding carboxylic acids is 2. The predicted molar refractivity (Wildman–Crippen MR) is 95.0 cm³/mol. The van der Waals surface area contributed by atoms with Crippen molar-refractivity contribution >= 4 is 33.3 Å². The van der Waals surface area contributed by atoms with Crippen LogP contribution in [0.3, 0.4) is 0 Å². The van der Waals surface area contributed by atoms with Crippen LogP contribution < -0.4 is 9.62 Å². The van der Waals surface area contributed by atoms with Gasteiger partial charge in [-0.25, -0.2) is 8.42 Å². The van der Waals surface area contributed by atoms with Gasteiger partial charge in [-0.1, -0.05) is 6.07 Å². The van der Waals surface area contributed by atoms with Crippen molar-refractivity contribution in [1.82, 2.24) is 0 Å². The highest BCUT2D eigenvalue weighted by atomic mass is 32.2. The minimum absolute atomic E-state index is 0.0279. The first-order chi connectivity index (χ1) is 11.7. The van der Waals surface area contributed by atoms with Crippen molar-refractivity contribution in [1.29, 1.82) is 0 Å². The summed E-state index contributed by atoms with van der Waals surface area (Å²) in [7, 11) is -3.38. The minimum atomic E-state index is -3.38. The van der Waals surface area contributed by atoms with Crippen LogP contribution in [0.2, 0.25) is 0 Å². The molecule has 0 fully saturated rings. The Morgan fingerprint density at radius 3 is 2.12 bits per heavy atom. The van der Waals surface area contributed by atoms with Gasteiger partial charge in [-0.2, -0.15) is 0 Å². The van der Waals surface area contributed by atoms with Gasteiger partial charge in [-0.3, -0.25) is 14.3 Å². The molecule has 8 nitrogen and oxygen atoms in total. The van der Waals surface area contributed by atoms with Gasteiger partial charge in [0.1, 0.15) is 13.2 Å². The maximum Gasteiger partial charge on any atom is 0.302 e. The molecule has 0 amide bonds. The summed E-state index contributed by atoms with van der Waals surface area (Å²) in [5, 5.41) is 0. The van der Waals surface area contributed by atoms with Gasteiger partial charge in [0.2, 0.25) is 10.0 Å². The number of nitrogens with one attached hydrogen (secondary N) is 1. The third kappa shape index (κ3) is 8.39. The van der Waals surface area contributed by atoms with E-state index in [1.54, 1.807) is 31.2 Å². The van der Waals surface area contributed by atoms with Crippen LogP contribution >= 0.6 is 0 Å². The molecule has 0 aliphatic heterocycles. The van der Waals surface area contributed by atoms with Gasteiger partial charge >= 0.3 is 11.9 Å². The van der Waals surface area contributed by atoms with E-state index in [1.165, 1.54) is 13.8 Å². The molecule has 0 saturated carbocycles. The summed E-state index contributed by atoms with van der Waals surface area (Å²) >= 11 is 0. The molecule has 0 aromatic heterocycles. The van der Waals surface area contributed by atoms with E-state index in [1.807, 2.05) is 4.90 Å². The molecule has 1 aromatic carbocycles. The Hall–Kier alpha value is -2.29. The summed E-state index contributed by atoms with van der Waals surface area (Å²) in [4.78, 5) is 23.7. The van der Waals surface area contributed by atoms with E-state index in [2.05, 4.69) is 4.72 Å². The summed E-state index contributed by atoms with van der Waals surface area (Å²) in [5.41, 5.74) is 1.15. The van der Waals surface area contributed by atoms with E-state index in [-0.39, 0.29) is 30.9 Å². The van der Waals surface area contributed by atoms with Crippen LogP contribution in [0, 0.1) is 0 Å². The molecule has 1 N–H and O–H groups in total. The zero-order valence-corrected chi connectivity index (χ0v) is 15.5. The molecule has 0 atom stereocenters. The van der Waals surface area contributed by atoms with Gasteiger partial charge in [0.05, 0.1) is 24.5 Å². The minimum Gasteiger partial charge on any atom is -0.464 e. The number of nitrogens with zero attached hydrogens (tertiary/aromatic N) is 1. The molecule has 0 saturated heterocycles. The van der Waals surface area contributed by atoms with Gasteiger partial charge in [-0.15, -0.1) is 0 Å². The third-order valence-corrected chi connectivity index (χ3v) is 4.50. The molecule has 0 radical (unpaired) electrons. The highest BCUT2D eigenvalue weighted by Crippen LogP contribution is 2.20. The van der Waals surface area contributed by atoms with E-state index in [0.29, 0.717) is 18.8 Å². The molecular weight excluding hydrogens is 348 g/mol. The lowest BCUT2D eigenvalue weighted by molar-refractivity contribution is -0.141. The lowest BCUT2D eigenvalue weighted by Crippen LogP contribution is -2.32. The maximum absolute atomic E-state index is 11.7. The number of hydrogen-bond acceptors (Lipinski definition) is 7. The monoisotopic (exact) mass is 372 g/mol. The van der Waals surface area contributed by atoms with E-state index in [0.717, 1.165) is 5.69 Å². The van der Waals surface area contributed by atoms with Crippen molar-refractivity contribution in [3.05, 3.63) is 24.3 Å². The summed E-state index contributed by atoms with van der Waals surface area (Å²) in [6.07, 6.45) is 0. The molecule has 140 valence electrons. The number of esters is 2. The predicted octanol–water partition coefficient (Wildman–Crippen LogP) is 1.38. The van der Waals surface area contributed by atoms with E-state index in [4.69, 9.17) is 9.47 Å². The van der Waals surface area contributed by atoms with Crippen LogP contribution in [0.5, 0.6) is 0 Å². The highest BCUT2D eigenvalue weighted by molar-refractivity contribution is 7.92. The Labute approximate surface area is 148 Å². The smallest absolute Gasteiger partial charge is 0.302 e. The first kappa shape index (κ1) is 20.8. The van der Waals surface area contributed by atoms with Crippen molar-refractivity contribution in [3.63, 3.8) is 0 Å². The number of ether oxygens (including phenoxy) is 2. The molecule has 0 aliphatic rings. The normalized spacial score (nSPS) is 10.8. The topological polar surface area (TPSA) is 102 Å². The average Bonchev–Trinajstić information content (AvgIpc) is 2.52. The molecule has 0 spiro atoms. The van der Waals surface area contributed by atoms with E-state index < -0.39 is 10.0 Å². The standard InChI is InChI=1S/C16H24N2O6S/c1-4-25(21,22)17-15-6-5-7-16(12-15)18(8-10-23-13(2)19)9-11-24-14(3)20/h5-7,12,17H,4,8-11H2,1-3H3.